The molecule has 1 aliphatic rings. The van der Waals surface area contributed by atoms with Gasteiger partial charge in [-0.25, -0.2) is 0 Å². The van der Waals surface area contributed by atoms with Gasteiger partial charge in [0.15, 0.2) is 0 Å². The van der Waals surface area contributed by atoms with Gasteiger partial charge in [0.05, 0.1) is 17.8 Å². The first-order chi connectivity index (χ1) is 9.65. The molecule has 1 heterocycles. The maximum absolute atomic E-state index is 12.2. The van der Waals surface area contributed by atoms with Crippen molar-refractivity contribution in [2.24, 2.45) is 0 Å². The zero-order valence-electron chi connectivity index (χ0n) is 12.1. The van der Waals surface area contributed by atoms with Crippen LogP contribution in [0.15, 0.2) is 24.3 Å². The Balaban J connectivity index is 2.01. The summed E-state index contributed by atoms with van der Waals surface area (Å²) in [6.07, 6.45) is 3.40. The summed E-state index contributed by atoms with van der Waals surface area (Å²) >= 11 is 0. The van der Waals surface area contributed by atoms with Gasteiger partial charge in [0, 0.05) is 12.1 Å². The molecule has 1 aromatic carbocycles. The minimum atomic E-state index is -0.0418. The van der Waals surface area contributed by atoms with E-state index in [1.165, 1.54) is 6.42 Å². The lowest BCUT2D eigenvalue weighted by Crippen LogP contribution is -2.40. The third-order valence-electron chi connectivity index (χ3n) is 4.07. The molecule has 1 aliphatic heterocycles. The molecule has 1 fully saturated rings. The number of carbonyl (C=O) groups is 1. The first-order valence-electron chi connectivity index (χ1n) is 7.20. The maximum atomic E-state index is 12.2. The van der Waals surface area contributed by atoms with E-state index in [0.717, 1.165) is 12.8 Å². The van der Waals surface area contributed by atoms with E-state index in [9.17, 15) is 4.79 Å². The molecule has 2 unspecified atom stereocenters. The second-order valence-electron chi connectivity index (χ2n) is 5.37. The Bertz CT molecular complexity index is 521. The van der Waals surface area contributed by atoms with Crippen LogP contribution < -0.4 is 5.32 Å². The number of amides is 1. The third-order valence-corrected chi connectivity index (χ3v) is 4.07. The van der Waals surface area contributed by atoms with Gasteiger partial charge in [-0.2, -0.15) is 5.26 Å². The number of anilines is 1. The number of likely N-dealkylation sites (tertiary alicyclic amines) is 1. The van der Waals surface area contributed by atoms with Crippen LogP contribution in [-0.2, 0) is 4.79 Å². The summed E-state index contributed by atoms with van der Waals surface area (Å²) in [5.74, 6) is -0.0418. The fourth-order valence-electron chi connectivity index (χ4n) is 2.89. The van der Waals surface area contributed by atoms with Crippen LogP contribution in [0.5, 0.6) is 0 Å². The molecule has 1 aromatic rings. The Hall–Kier alpha value is -1.86. The van der Waals surface area contributed by atoms with Crippen molar-refractivity contribution in [3.05, 3.63) is 29.8 Å². The topological polar surface area (TPSA) is 56.1 Å². The van der Waals surface area contributed by atoms with E-state index < -0.39 is 0 Å². The zero-order valence-corrected chi connectivity index (χ0v) is 12.1. The highest BCUT2D eigenvalue weighted by atomic mass is 16.2. The highest BCUT2D eigenvalue weighted by Gasteiger charge is 2.30. The predicted octanol–water partition coefficient (Wildman–Crippen LogP) is 2.76. The SMILES string of the molecule is CCC1CCC(C)N1CC(=O)Nc1ccccc1C#N. The lowest BCUT2D eigenvalue weighted by molar-refractivity contribution is -0.118. The largest absolute Gasteiger partial charge is 0.324 e. The van der Waals surface area contributed by atoms with Gasteiger partial charge in [-0.15, -0.1) is 0 Å². The number of para-hydroxylation sites is 1. The van der Waals surface area contributed by atoms with E-state index in [-0.39, 0.29) is 5.91 Å². The van der Waals surface area contributed by atoms with Crippen molar-refractivity contribution < 1.29 is 4.79 Å². The Morgan fingerprint density at radius 1 is 1.45 bits per heavy atom. The Labute approximate surface area is 120 Å². The molecule has 1 N–H and O–H groups in total. The summed E-state index contributed by atoms with van der Waals surface area (Å²) in [6, 6.07) is 10.1. The molecule has 20 heavy (non-hydrogen) atoms. The van der Waals surface area contributed by atoms with Gasteiger partial charge in [0.25, 0.3) is 0 Å². The zero-order chi connectivity index (χ0) is 14.5. The summed E-state index contributed by atoms with van der Waals surface area (Å²) in [5.41, 5.74) is 1.10. The van der Waals surface area contributed by atoms with Gasteiger partial charge in [0.2, 0.25) is 5.91 Å². The summed E-state index contributed by atoms with van der Waals surface area (Å²) in [4.78, 5) is 14.4. The monoisotopic (exact) mass is 271 g/mol. The average molecular weight is 271 g/mol. The second-order valence-corrected chi connectivity index (χ2v) is 5.37. The van der Waals surface area contributed by atoms with Gasteiger partial charge in [-0.05, 0) is 38.3 Å². The third kappa shape index (κ3) is 3.17. The molecule has 4 nitrogen and oxygen atoms in total. The summed E-state index contributed by atoms with van der Waals surface area (Å²) in [5, 5.41) is 11.9. The van der Waals surface area contributed by atoms with Crippen molar-refractivity contribution in [3.8, 4) is 6.07 Å². The molecule has 106 valence electrons. The minimum absolute atomic E-state index is 0.0418. The fourth-order valence-corrected chi connectivity index (χ4v) is 2.89. The standard InChI is InChI=1S/C16H21N3O/c1-3-14-9-8-12(2)19(14)11-16(20)18-15-7-5-4-6-13(15)10-17/h4-7,12,14H,3,8-9,11H2,1-2H3,(H,18,20). The van der Waals surface area contributed by atoms with Crippen LogP contribution in [0, 0.1) is 11.3 Å². The van der Waals surface area contributed by atoms with E-state index in [1.807, 2.05) is 6.07 Å². The molecule has 0 aliphatic carbocycles. The molecular weight excluding hydrogens is 250 g/mol. The van der Waals surface area contributed by atoms with Crippen molar-refractivity contribution in [2.45, 2.75) is 45.2 Å². The predicted molar refractivity (Wildman–Crippen MR) is 79.3 cm³/mol. The van der Waals surface area contributed by atoms with Gasteiger partial charge in [-0.1, -0.05) is 19.1 Å². The Morgan fingerprint density at radius 2 is 2.20 bits per heavy atom. The summed E-state index contributed by atoms with van der Waals surface area (Å²) in [7, 11) is 0. The Kier molecular flexibility index (Phi) is 4.75. The highest BCUT2D eigenvalue weighted by molar-refractivity contribution is 5.93. The highest BCUT2D eigenvalue weighted by Crippen LogP contribution is 2.25. The van der Waals surface area contributed by atoms with Crippen LogP contribution in [0.2, 0.25) is 0 Å². The summed E-state index contributed by atoms with van der Waals surface area (Å²) in [6.45, 7) is 4.74. The molecule has 2 atom stereocenters. The molecular formula is C16H21N3O. The Morgan fingerprint density at radius 3 is 2.90 bits per heavy atom. The van der Waals surface area contributed by atoms with Gasteiger partial charge < -0.3 is 5.32 Å². The van der Waals surface area contributed by atoms with Crippen LogP contribution in [0.25, 0.3) is 0 Å². The molecule has 1 saturated heterocycles. The fraction of sp³-hybridized carbons (Fsp3) is 0.500. The molecule has 2 rings (SSSR count). The lowest BCUT2D eigenvalue weighted by Gasteiger charge is -2.26. The molecule has 1 amide bonds. The van der Waals surface area contributed by atoms with Crippen molar-refractivity contribution in [1.82, 2.24) is 4.90 Å². The van der Waals surface area contributed by atoms with Crippen LogP contribution in [0.3, 0.4) is 0 Å². The van der Waals surface area contributed by atoms with Crippen LogP contribution in [-0.4, -0.2) is 29.4 Å². The number of hydrogen-bond acceptors (Lipinski definition) is 3. The normalized spacial score (nSPS) is 22.4. The average Bonchev–Trinajstić information content (AvgIpc) is 2.80. The number of carbonyl (C=O) groups excluding carboxylic acids is 1. The number of nitrogens with zero attached hydrogens (tertiary/aromatic N) is 2. The number of benzene rings is 1. The molecule has 0 radical (unpaired) electrons. The maximum Gasteiger partial charge on any atom is 0.238 e. The second kappa shape index (κ2) is 6.53. The van der Waals surface area contributed by atoms with E-state index in [2.05, 4.69) is 30.1 Å². The van der Waals surface area contributed by atoms with Crippen molar-refractivity contribution in [3.63, 3.8) is 0 Å². The van der Waals surface area contributed by atoms with Gasteiger partial charge in [-0.3, -0.25) is 9.69 Å². The van der Waals surface area contributed by atoms with Crippen LogP contribution in [0.1, 0.15) is 38.7 Å². The smallest absolute Gasteiger partial charge is 0.238 e. The van der Waals surface area contributed by atoms with Gasteiger partial charge in [0.1, 0.15) is 6.07 Å². The molecule has 0 saturated carbocycles. The molecule has 0 bridgehead atoms. The van der Waals surface area contributed by atoms with E-state index in [0.29, 0.717) is 29.9 Å². The first kappa shape index (κ1) is 14.5. The van der Waals surface area contributed by atoms with Crippen LogP contribution >= 0.6 is 0 Å². The van der Waals surface area contributed by atoms with Crippen molar-refractivity contribution in [1.29, 1.82) is 5.26 Å². The van der Waals surface area contributed by atoms with Crippen molar-refractivity contribution >= 4 is 11.6 Å². The van der Waals surface area contributed by atoms with E-state index in [1.54, 1.807) is 18.2 Å². The van der Waals surface area contributed by atoms with Crippen LogP contribution in [0.4, 0.5) is 5.69 Å². The minimum Gasteiger partial charge on any atom is -0.324 e. The van der Waals surface area contributed by atoms with Crippen molar-refractivity contribution in [2.75, 3.05) is 11.9 Å². The number of nitrogens with one attached hydrogen (secondary N) is 1. The molecule has 4 heteroatoms. The number of rotatable bonds is 4. The van der Waals surface area contributed by atoms with Gasteiger partial charge >= 0.3 is 0 Å². The quantitative estimate of drug-likeness (QED) is 0.916. The number of nitriles is 1. The van der Waals surface area contributed by atoms with E-state index >= 15 is 0 Å². The lowest BCUT2D eigenvalue weighted by atomic mass is 10.1. The molecule has 0 spiro atoms. The summed E-state index contributed by atoms with van der Waals surface area (Å²) < 4.78 is 0. The first-order valence-corrected chi connectivity index (χ1v) is 7.20. The molecule has 0 aromatic heterocycles. The van der Waals surface area contributed by atoms with E-state index in [4.69, 9.17) is 5.26 Å². The number of hydrogen-bond donors (Lipinski definition) is 1.